The molecule has 3 fully saturated rings. The van der Waals surface area contributed by atoms with Crippen molar-refractivity contribution in [2.45, 2.75) is 75.5 Å². The van der Waals surface area contributed by atoms with Crippen LogP contribution in [0.1, 0.15) is 69.8 Å². The van der Waals surface area contributed by atoms with Crippen molar-refractivity contribution in [2.75, 3.05) is 6.26 Å². The minimum absolute atomic E-state index is 0.516. The highest BCUT2D eigenvalue weighted by molar-refractivity contribution is 7.98. The van der Waals surface area contributed by atoms with E-state index in [0.29, 0.717) is 17.1 Å². The van der Waals surface area contributed by atoms with Gasteiger partial charge in [-0.1, -0.05) is 29.7 Å². The third-order valence-electron chi connectivity index (χ3n) is 8.40. The van der Waals surface area contributed by atoms with Crippen molar-refractivity contribution in [3.8, 4) is 0 Å². The lowest BCUT2D eigenvalue weighted by Gasteiger charge is -2.50. The largest absolute Gasteiger partial charge is 0.300 e. The zero-order chi connectivity index (χ0) is 18.4. The summed E-state index contributed by atoms with van der Waals surface area (Å²) in [5.74, 6) is 2.87. The van der Waals surface area contributed by atoms with Gasteiger partial charge in [0, 0.05) is 17.7 Å². The Kier molecular flexibility index (Phi) is 4.74. The first-order chi connectivity index (χ1) is 13.2. The lowest BCUT2D eigenvalue weighted by molar-refractivity contribution is -0.120. The van der Waals surface area contributed by atoms with Gasteiger partial charge in [-0.2, -0.15) is 0 Å². The van der Waals surface area contributed by atoms with Gasteiger partial charge >= 0.3 is 0 Å². The van der Waals surface area contributed by atoms with Crippen LogP contribution in [0.15, 0.2) is 40.3 Å². The van der Waals surface area contributed by atoms with E-state index in [2.05, 4.69) is 30.5 Å². The molecule has 0 radical (unpaired) electrons. The monoisotopic (exact) mass is 380 g/mol. The average Bonchev–Trinajstić information content (AvgIpc) is 3.12. The standard InChI is InChI=1S/C25H32OS/c1-27-20-8-4-17(5-9-20)16-25-13-2-3-24(25)23-10-6-18-15-19(26)7-11-21(18)22(23)12-14-25/h4-5,8-9,18,23-24H,2-3,6-7,10-16H2,1H3/t18?,23-,24+,25+/m1/s1. The Labute approximate surface area is 168 Å². The van der Waals surface area contributed by atoms with Gasteiger partial charge in [0.15, 0.2) is 0 Å². The number of allylic oxidation sites excluding steroid dienone is 2. The molecule has 1 aromatic carbocycles. The van der Waals surface area contributed by atoms with Crippen molar-refractivity contribution in [1.29, 1.82) is 0 Å². The van der Waals surface area contributed by atoms with E-state index in [9.17, 15) is 4.79 Å². The molecule has 0 saturated heterocycles. The molecule has 2 heteroatoms. The predicted molar refractivity (Wildman–Crippen MR) is 113 cm³/mol. The summed E-state index contributed by atoms with van der Waals surface area (Å²) >= 11 is 1.84. The van der Waals surface area contributed by atoms with Crippen molar-refractivity contribution in [3.63, 3.8) is 0 Å². The molecule has 1 unspecified atom stereocenters. The van der Waals surface area contributed by atoms with Crippen LogP contribution in [0.3, 0.4) is 0 Å². The molecule has 0 N–H and O–H groups in total. The van der Waals surface area contributed by atoms with E-state index in [1.165, 1.54) is 56.3 Å². The Hall–Kier alpha value is -1.02. The predicted octanol–water partition coefficient (Wildman–Crippen LogP) is 6.61. The number of hydrogen-bond donors (Lipinski definition) is 0. The first-order valence-electron chi connectivity index (χ1n) is 11.0. The highest BCUT2D eigenvalue weighted by Gasteiger charge is 2.51. The molecule has 4 atom stereocenters. The first kappa shape index (κ1) is 18.0. The molecule has 1 aromatic rings. The fourth-order valence-electron chi connectivity index (χ4n) is 7.21. The molecule has 0 spiro atoms. The van der Waals surface area contributed by atoms with Gasteiger partial charge in [-0.15, -0.1) is 11.8 Å². The number of thioether (sulfide) groups is 1. The lowest BCUT2D eigenvalue weighted by Crippen LogP contribution is -2.41. The van der Waals surface area contributed by atoms with Crippen LogP contribution in [0.25, 0.3) is 0 Å². The highest BCUT2D eigenvalue weighted by Crippen LogP contribution is 2.61. The van der Waals surface area contributed by atoms with Crippen LogP contribution in [-0.2, 0) is 11.2 Å². The van der Waals surface area contributed by atoms with Crippen molar-refractivity contribution in [2.24, 2.45) is 23.2 Å². The van der Waals surface area contributed by atoms with Gasteiger partial charge in [-0.05, 0) is 98.5 Å². The van der Waals surface area contributed by atoms with Gasteiger partial charge in [0.1, 0.15) is 5.78 Å². The van der Waals surface area contributed by atoms with Crippen LogP contribution in [-0.4, -0.2) is 12.0 Å². The fraction of sp³-hybridized carbons (Fsp3) is 0.640. The van der Waals surface area contributed by atoms with E-state index in [-0.39, 0.29) is 0 Å². The summed E-state index contributed by atoms with van der Waals surface area (Å²) < 4.78 is 0. The molecule has 1 nitrogen and oxygen atoms in total. The van der Waals surface area contributed by atoms with Crippen LogP contribution in [0, 0.1) is 23.2 Å². The second kappa shape index (κ2) is 7.10. The maximum absolute atomic E-state index is 11.9. The summed E-state index contributed by atoms with van der Waals surface area (Å²) in [6, 6.07) is 9.38. The smallest absolute Gasteiger partial charge is 0.133 e. The number of benzene rings is 1. The molecule has 0 amide bonds. The van der Waals surface area contributed by atoms with E-state index in [4.69, 9.17) is 0 Å². The number of fused-ring (bicyclic) bond motifs is 4. The highest BCUT2D eigenvalue weighted by atomic mass is 32.2. The molecular weight excluding hydrogens is 348 g/mol. The molecule has 144 valence electrons. The molecule has 5 rings (SSSR count). The van der Waals surface area contributed by atoms with Gasteiger partial charge < -0.3 is 0 Å². The molecule has 3 saturated carbocycles. The summed E-state index contributed by atoms with van der Waals surface area (Å²) in [4.78, 5) is 13.3. The van der Waals surface area contributed by atoms with Gasteiger partial charge in [0.05, 0.1) is 0 Å². The third-order valence-corrected chi connectivity index (χ3v) is 9.14. The normalized spacial score (nSPS) is 35.6. The summed E-state index contributed by atoms with van der Waals surface area (Å²) in [6.07, 6.45) is 15.8. The Balaban J connectivity index is 1.42. The lowest BCUT2D eigenvalue weighted by atomic mass is 9.55. The van der Waals surface area contributed by atoms with Crippen LogP contribution in [0.2, 0.25) is 0 Å². The number of ketones is 1. The van der Waals surface area contributed by atoms with Crippen molar-refractivity contribution < 1.29 is 4.79 Å². The van der Waals surface area contributed by atoms with Crippen LogP contribution < -0.4 is 0 Å². The third kappa shape index (κ3) is 3.12. The van der Waals surface area contributed by atoms with E-state index >= 15 is 0 Å². The van der Waals surface area contributed by atoms with Crippen LogP contribution >= 0.6 is 11.8 Å². The van der Waals surface area contributed by atoms with Crippen molar-refractivity contribution >= 4 is 17.5 Å². The number of carbonyl (C=O) groups excluding carboxylic acids is 1. The quantitative estimate of drug-likeness (QED) is 0.434. The van der Waals surface area contributed by atoms with E-state index in [0.717, 1.165) is 31.1 Å². The minimum atomic E-state index is 0.516. The SMILES string of the molecule is CSc1ccc(C[C@@]23CCC[C@H]2[C@@H]2CCC4CC(=O)CCC4=C2CC3)cc1. The fourth-order valence-corrected chi connectivity index (χ4v) is 7.61. The minimum Gasteiger partial charge on any atom is -0.300 e. The van der Waals surface area contributed by atoms with Crippen LogP contribution in [0.5, 0.6) is 0 Å². The molecule has 0 bridgehead atoms. The zero-order valence-electron chi connectivity index (χ0n) is 16.6. The summed E-state index contributed by atoms with van der Waals surface area (Å²) in [6.45, 7) is 0. The van der Waals surface area contributed by atoms with E-state index in [1.54, 1.807) is 11.1 Å². The second-order valence-electron chi connectivity index (χ2n) is 9.56. The summed E-state index contributed by atoms with van der Waals surface area (Å²) in [7, 11) is 0. The Morgan fingerprint density at radius 2 is 1.85 bits per heavy atom. The van der Waals surface area contributed by atoms with Crippen LogP contribution in [0.4, 0.5) is 0 Å². The molecule has 4 aliphatic carbocycles. The average molecular weight is 381 g/mol. The van der Waals surface area contributed by atoms with Gasteiger partial charge in [-0.25, -0.2) is 0 Å². The zero-order valence-corrected chi connectivity index (χ0v) is 17.5. The molecule has 0 aromatic heterocycles. The van der Waals surface area contributed by atoms with Gasteiger partial charge in [0.25, 0.3) is 0 Å². The second-order valence-corrected chi connectivity index (χ2v) is 10.4. The molecule has 4 aliphatic rings. The Bertz CT molecular complexity index is 761. The summed E-state index contributed by atoms with van der Waals surface area (Å²) in [5, 5.41) is 0. The Morgan fingerprint density at radius 3 is 2.67 bits per heavy atom. The van der Waals surface area contributed by atoms with E-state index < -0.39 is 0 Å². The number of carbonyl (C=O) groups is 1. The summed E-state index contributed by atoms with van der Waals surface area (Å²) in [5.41, 5.74) is 5.68. The molecule has 27 heavy (non-hydrogen) atoms. The van der Waals surface area contributed by atoms with Crippen molar-refractivity contribution in [1.82, 2.24) is 0 Å². The molecule has 0 aliphatic heterocycles. The first-order valence-corrected chi connectivity index (χ1v) is 12.3. The molecule has 0 heterocycles. The Morgan fingerprint density at radius 1 is 1.00 bits per heavy atom. The van der Waals surface area contributed by atoms with Gasteiger partial charge in [-0.3, -0.25) is 4.79 Å². The molecular formula is C25H32OS. The number of Topliss-reactive ketones (excluding diaryl/α,β-unsaturated/α-hetero) is 1. The van der Waals surface area contributed by atoms with E-state index in [1.807, 2.05) is 17.3 Å². The number of rotatable bonds is 3. The topological polar surface area (TPSA) is 17.1 Å². The van der Waals surface area contributed by atoms with Crippen molar-refractivity contribution in [3.05, 3.63) is 41.0 Å². The van der Waals surface area contributed by atoms with Gasteiger partial charge in [0.2, 0.25) is 0 Å². The maximum atomic E-state index is 11.9. The maximum Gasteiger partial charge on any atom is 0.133 e. The number of hydrogen-bond acceptors (Lipinski definition) is 2.